The molecular weight excluding hydrogens is 238 g/mol. The van der Waals surface area contributed by atoms with Crippen molar-refractivity contribution in [2.45, 2.75) is 19.3 Å². The average molecular weight is 251 g/mol. The summed E-state index contributed by atoms with van der Waals surface area (Å²) in [5.41, 5.74) is 0.810. The first kappa shape index (κ1) is 11.8. The van der Waals surface area contributed by atoms with Gasteiger partial charge in [0.05, 0.1) is 10.6 Å². The highest BCUT2D eigenvalue weighted by Crippen LogP contribution is 2.29. The zero-order chi connectivity index (χ0) is 12.3. The number of Topliss-reactive ketones (excluding diaryl/α,β-unsaturated/α-hetero) is 1. The van der Waals surface area contributed by atoms with E-state index < -0.39 is 0 Å². The van der Waals surface area contributed by atoms with E-state index in [0.717, 1.165) is 18.5 Å². The smallest absolute Gasteiger partial charge is 0.321 e. The molecule has 0 spiro atoms. The first-order valence-corrected chi connectivity index (χ1v) is 6.21. The number of amides is 2. The summed E-state index contributed by atoms with van der Waals surface area (Å²) in [5.74, 6) is 0.128. The molecule has 0 radical (unpaired) electrons. The standard InChI is InChI=1S/C11H13N3O2S/c1-2-6-12-10(16)14-11-13-7-4-3-5-8(15)9(7)17-11/h2H,1,3-6H2,(H2,12,13,14,16). The quantitative estimate of drug-likeness (QED) is 0.807. The lowest BCUT2D eigenvalue weighted by Crippen LogP contribution is -2.28. The molecule has 1 heterocycles. The van der Waals surface area contributed by atoms with Gasteiger partial charge in [-0.05, 0) is 12.8 Å². The van der Waals surface area contributed by atoms with Crippen LogP contribution in [0.15, 0.2) is 12.7 Å². The van der Waals surface area contributed by atoms with E-state index in [1.165, 1.54) is 11.3 Å². The van der Waals surface area contributed by atoms with Crippen molar-refractivity contribution in [1.29, 1.82) is 0 Å². The third kappa shape index (κ3) is 2.71. The van der Waals surface area contributed by atoms with Crippen molar-refractivity contribution in [2.75, 3.05) is 11.9 Å². The molecular formula is C11H13N3O2S. The predicted molar refractivity (Wildman–Crippen MR) is 66.6 cm³/mol. The molecule has 17 heavy (non-hydrogen) atoms. The summed E-state index contributed by atoms with van der Waals surface area (Å²) in [5, 5.41) is 5.68. The van der Waals surface area contributed by atoms with Crippen LogP contribution in [-0.2, 0) is 6.42 Å². The average Bonchev–Trinajstić information content (AvgIpc) is 2.70. The number of carbonyl (C=O) groups is 2. The fourth-order valence-electron chi connectivity index (χ4n) is 1.63. The van der Waals surface area contributed by atoms with Crippen LogP contribution in [0.4, 0.5) is 9.93 Å². The Kier molecular flexibility index (Phi) is 3.53. The van der Waals surface area contributed by atoms with Gasteiger partial charge in [-0.3, -0.25) is 10.1 Å². The number of anilines is 1. The van der Waals surface area contributed by atoms with Gasteiger partial charge in [-0.15, -0.1) is 6.58 Å². The second-order valence-corrected chi connectivity index (χ2v) is 4.69. The normalized spacial score (nSPS) is 14.0. The lowest BCUT2D eigenvalue weighted by atomic mass is 10.0. The van der Waals surface area contributed by atoms with E-state index in [0.29, 0.717) is 23.0 Å². The SMILES string of the molecule is C=CCNC(=O)Nc1nc2c(s1)C(=O)CCC2. The Bertz CT molecular complexity index is 467. The van der Waals surface area contributed by atoms with Gasteiger partial charge in [0.1, 0.15) is 0 Å². The number of nitrogens with one attached hydrogen (secondary N) is 2. The second kappa shape index (κ2) is 5.09. The highest BCUT2D eigenvalue weighted by Gasteiger charge is 2.22. The van der Waals surface area contributed by atoms with Crippen LogP contribution in [0.1, 0.15) is 28.2 Å². The van der Waals surface area contributed by atoms with Crippen molar-refractivity contribution >= 4 is 28.3 Å². The minimum absolute atomic E-state index is 0.128. The summed E-state index contributed by atoms with van der Waals surface area (Å²) in [4.78, 5) is 27.9. The Balaban J connectivity index is 2.05. The molecule has 2 N–H and O–H groups in total. The van der Waals surface area contributed by atoms with Crippen LogP contribution < -0.4 is 10.6 Å². The number of hydrogen-bond acceptors (Lipinski definition) is 4. The van der Waals surface area contributed by atoms with Gasteiger partial charge in [-0.25, -0.2) is 9.78 Å². The first-order valence-electron chi connectivity index (χ1n) is 5.39. The maximum Gasteiger partial charge on any atom is 0.321 e. The maximum absolute atomic E-state index is 11.6. The van der Waals surface area contributed by atoms with Gasteiger partial charge in [0.2, 0.25) is 0 Å². The number of hydrogen-bond donors (Lipinski definition) is 2. The number of thiazole rings is 1. The minimum Gasteiger partial charge on any atom is -0.334 e. The lowest BCUT2D eigenvalue weighted by molar-refractivity contribution is 0.0976. The molecule has 0 aliphatic heterocycles. The third-order valence-corrected chi connectivity index (χ3v) is 3.45. The maximum atomic E-state index is 11.6. The van der Waals surface area contributed by atoms with Crippen molar-refractivity contribution < 1.29 is 9.59 Å². The molecule has 0 saturated carbocycles. The minimum atomic E-state index is -0.330. The number of rotatable bonds is 3. The van der Waals surface area contributed by atoms with E-state index in [2.05, 4.69) is 22.2 Å². The van der Waals surface area contributed by atoms with Crippen LogP contribution in [0.5, 0.6) is 0 Å². The largest absolute Gasteiger partial charge is 0.334 e. The first-order chi connectivity index (χ1) is 8.20. The fraction of sp³-hybridized carbons (Fsp3) is 0.364. The molecule has 2 rings (SSSR count). The topological polar surface area (TPSA) is 71.1 Å². The highest BCUT2D eigenvalue weighted by molar-refractivity contribution is 7.17. The Morgan fingerprint density at radius 3 is 3.06 bits per heavy atom. The number of ketones is 1. The molecule has 1 aliphatic carbocycles. The van der Waals surface area contributed by atoms with Crippen LogP contribution in [0.2, 0.25) is 0 Å². The van der Waals surface area contributed by atoms with E-state index in [1.54, 1.807) is 6.08 Å². The molecule has 6 heteroatoms. The van der Waals surface area contributed by atoms with Crippen LogP contribution in [0.25, 0.3) is 0 Å². The van der Waals surface area contributed by atoms with E-state index in [4.69, 9.17) is 0 Å². The Morgan fingerprint density at radius 1 is 1.53 bits per heavy atom. The number of fused-ring (bicyclic) bond motifs is 1. The van der Waals surface area contributed by atoms with Gasteiger partial charge < -0.3 is 5.32 Å². The number of urea groups is 1. The van der Waals surface area contributed by atoms with E-state index in [9.17, 15) is 9.59 Å². The van der Waals surface area contributed by atoms with Gasteiger partial charge in [-0.1, -0.05) is 17.4 Å². The molecule has 90 valence electrons. The summed E-state index contributed by atoms with van der Waals surface area (Å²) in [7, 11) is 0. The van der Waals surface area contributed by atoms with Gasteiger partial charge in [0, 0.05) is 13.0 Å². The molecule has 0 saturated heterocycles. The van der Waals surface area contributed by atoms with Gasteiger partial charge in [0.25, 0.3) is 0 Å². The monoisotopic (exact) mass is 251 g/mol. The van der Waals surface area contributed by atoms with Crippen LogP contribution in [-0.4, -0.2) is 23.3 Å². The van der Waals surface area contributed by atoms with Crippen LogP contribution in [0.3, 0.4) is 0 Å². The van der Waals surface area contributed by atoms with Crippen molar-refractivity contribution in [3.05, 3.63) is 23.2 Å². The fourth-order valence-corrected chi connectivity index (χ4v) is 2.60. The van der Waals surface area contributed by atoms with Crippen LogP contribution in [0, 0.1) is 0 Å². The van der Waals surface area contributed by atoms with Crippen LogP contribution >= 0.6 is 11.3 Å². The number of aryl methyl sites for hydroxylation is 1. The lowest BCUT2D eigenvalue weighted by Gasteiger charge is -2.05. The third-order valence-electron chi connectivity index (χ3n) is 2.40. The Labute approximate surface area is 103 Å². The second-order valence-electron chi connectivity index (χ2n) is 3.70. The summed E-state index contributed by atoms with van der Waals surface area (Å²) in [6.45, 7) is 3.90. The van der Waals surface area contributed by atoms with Crippen molar-refractivity contribution in [1.82, 2.24) is 10.3 Å². The number of aromatic nitrogens is 1. The highest BCUT2D eigenvalue weighted by atomic mass is 32.1. The molecule has 1 aromatic rings. The molecule has 1 aromatic heterocycles. The molecule has 0 aromatic carbocycles. The van der Waals surface area contributed by atoms with Crippen molar-refractivity contribution in [2.24, 2.45) is 0 Å². The number of nitrogens with zero attached hydrogens (tertiary/aromatic N) is 1. The summed E-state index contributed by atoms with van der Waals surface area (Å²) in [6.07, 6.45) is 3.83. The van der Waals surface area contributed by atoms with Gasteiger partial charge in [-0.2, -0.15) is 0 Å². The summed E-state index contributed by atoms with van der Waals surface area (Å²) < 4.78 is 0. The van der Waals surface area contributed by atoms with Gasteiger partial charge >= 0.3 is 6.03 Å². The van der Waals surface area contributed by atoms with E-state index >= 15 is 0 Å². The Morgan fingerprint density at radius 2 is 2.35 bits per heavy atom. The molecule has 1 aliphatic rings. The molecule has 5 nitrogen and oxygen atoms in total. The molecule has 0 atom stereocenters. The summed E-state index contributed by atoms with van der Waals surface area (Å²) in [6, 6.07) is -0.330. The molecule has 0 bridgehead atoms. The molecule has 2 amide bonds. The Hall–Kier alpha value is -1.69. The van der Waals surface area contributed by atoms with E-state index in [-0.39, 0.29) is 11.8 Å². The zero-order valence-corrected chi connectivity index (χ0v) is 10.1. The van der Waals surface area contributed by atoms with Crippen molar-refractivity contribution in [3.63, 3.8) is 0 Å². The van der Waals surface area contributed by atoms with Crippen molar-refractivity contribution in [3.8, 4) is 0 Å². The van der Waals surface area contributed by atoms with Gasteiger partial charge in [0.15, 0.2) is 10.9 Å². The molecule has 0 fully saturated rings. The summed E-state index contributed by atoms with van der Waals surface area (Å²) >= 11 is 1.25. The molecule has 0 unspecified atom stereocenters. The zero-order valence-electron chi connectivity index (χ0n) is 9.28. The predicted octanol–water partition coefficient (Wildman–Crippen LogP) is 1.97. The number of carbonyl (C=O) groups excluding carboxylic acids is 2. The van der Waals surface area contributed by atoms with E-state index in [1.807, 2.05) is 0 Å².